The molecule has 188 valence electrons. The van der Waals surface area contributed by atoms with Crippen LogP contribution in [0.25, 0.3) is 0 Å². The van der Waals surface area contributed by atoms with Crippen LogP contribution in [0.5, 0.6) is 11.5 Å². The van der Waals surface area contributed by atoms with Gasteiger partial charge in [-0.2, -0.15) is 0 Å². The summed E-state index contributed by atoms with van der Waals surface area (Å²) in [6.07, 6.45) is 5.05. The third-order valence-corrected chi connectivity index (χ3v) is 6.60. The molecule has 0 aliphatic heterocycles. The molecule has 0 saturated heterocycles. The summed E-state index contributed by atoms with van der Waals surface area (Å²) in [5.74, 6) is 0.856. The van der Waals surface area contributed by atoms with Crippen molar-refractivity contribution in [2.24, 2.45) is 0 Å². The number of carbonyl (C=O) groups excluding carboxylic acids is 2. The highest BCUT2D eigenvalue weighted by atomic mass is 32.1. The zero-order valence-electron chi connectivity index (χ0n) is 20.9. The molecule has 0 saturated carbocycles. The summed E-state index contributed by atoms with van der Waals surface area (Å²) in [7, 11) is 5.04. The number of ether oxygens (including phenoxy) is 2. The van der Waals surface area contributed by atoms with Crippen LogP contribution >= 0.6 is 11.3 Å². The van der Waals surface area contributed by atoms with Crippen LogP contribution < -0.4 is 20.1 Å². The average Bonchev–Trinajstić information content (AvgIpc) is 3.30. The molecule has 3 aromatic rings. The van der Waals surface area contributed by atoms with Crippen LogP contribution in [0, 0.1) is 5.82 Å². The van der Waals surface area contributed by atoms with Crippen molar-refractivity contribution in [3.63, 3.8) is 0 Å². The van der Waals surface area contributed by atoms with Gasteiger partial charge in [0.25, 0.3) is 5.91 Å². The molecule has 4 rings (SSSR count). The van der Waals surface area contributed by atoms with Crippen LogP contribution in [0.15, 0.2) is 42.5 Å². The van der Waals surface area contributed by atoms with E-state index in [4.69, 9.17) is 9.47 Å². The van der Waals surface area contributed by atoms with E-state index in [0.29, 0.717) is 29.0 Å². The molecule has 8 heteroatoms. The lowest BCUT2D eigenvalue weighted by Crippen LogP contribution is -2.16. The standard InChI is InChI=1S/C18H22N2O3S.C7H5FO.C2H6/c1-19-18-16(12-6-4-5-7-15(12)24-18)17(21)20-13-9-8-11(22-2)10-14(13)23-3;8-7-3-1-6(5-9)2-4-7;1-2/h8-10,19H,4-7H2,1-3H3,(H,20,21);1-5H;1-2H3. The summed E-state index contributed by atoms with van der Waals surface area (Å²) in [5.41, 5.74) is 3.10. The first-order valence-corrected chi connectivity index (χ1v) is 12.4. The first kappa shape index (κ1) is 27.9. The van der Waals surface area contributed by atoms with Crippen LogP contribution in [-0.2, 0) is 12.8 Å². The first-order valence-electron chi connectivity index (χ1n) is 11.6. The third kappa shape index (κ3) is 7.29. The molecule has 1 amide bonds. The Morgan fingerprint density at radius 3 is 2.31 bits per heavy atom. The SMILES string of the molecule is CC.CNc1sc2c(c1C(=O)Nc1ccc(OC)cc1OC)CCCC2.O=Cc1ccc(F)cc1. The lowest BCUT2D eigenvalue weighted by molar-refractivity contribution is 0.102. The number of anilines is 2. The minimum Gasteiger partial charge on any atom is -0.497 e. The summed E-state index contributed by atoms with van der Waals surface area (Å²) < 4.78 is 22.7. The monoisotopic (exact) mass is 500 g/mol. The van der Waals surface area contributed by atoms with Crippen LogP contribution in [-0.4, -0.2) is 33.5 Å². The molecule has 1 aliphatic rings. The predicted octanol–water partition coefficient (Wildman–Crippen LogP) is 6.60. The Morgan fingerprint density at radius 1 is 1.03 bits per heavy atom. The average molecular weight is 501 g/mol. The number of aryl methyl sites for hydroxylation is 1. The number of aldehydes is 1. The molecule has 0 unspecified atom stereocenters. The van der Waals surface area contributed by atoms with E-state index in [2.05, 4.69) is 10.6 Å². The number of amides is 1. The molecule has 1 heterocycles. The Bertz CT molecular complexity index is 1110. The molecule has 2 aromatic carbocycles. The second kappa shape index (κ2) is 14.1. The van der Waals surface area contributed by atoms with Gasteiger partial charge in [0.15, 0.2) is 0 Å². The number of benzene rings is 2. The molecular weight excluding hydrogens is 467 g/mol. The summed E-state index contributed by atoms with van der Waals surface area (Å²) in [6.45, 7) is 4.00. The van der Waals surface area contributed by atoms with Crippen LogP contribution in [0.1, 0.15) is 57.8 Å². The normalized spacial score (nSPS) is 11.5. The van der Waals surface area contributed by atoms with Gasteiger partial charge in [-0.3, -0.25) is 9.59 Å². The van der Waals surface area contributed by atoms with Gasteiger partial charge in [0.1, 0.15) is 28.6 Å². The Balaban J connectivity index is 0.000000329. The van der Waals surface area contributed by atoms with Gasteiger partial charge in [-0.15, -0.1) is 11.3 Å². The number of thiophene rings is 1. The molecule has 1 aliphatic carbocycles. The van der Waals surface area contributed by atoms with Gasteiger partial charge >= 0.3 is 0 Å². The zero-order chi connectivity index (χ0) is 25.8. The van der Waals surface area contributed by atoms with Crippen molar-refractivity contribution in [2.45, 2.75) is 39.5 Å². The van der Waals surface area contributed by atoms with Gasteiger partial charge < -0.3 is 20.1 Å². The highest BCUT2D eigenvalue weighted by Crippen LogP contribution is 2.39. The summed E-state index contributed by atoms with van der Waals surface area (Å²) in [6, 6.07) is 10.7. The number of hydrogen-bond donors (Lipinski definition) is 2. The Kier molecular flexibility index (Phi) is 11.2. The molecule has 0 spiro atoms. The van der Waals surface area contributed by atoms with Crippen molar-refractivity contribution < 1.29 is 23.5 Å². The topological polar surface area (TPSA) is 76.7 Å². The van der Waals surface area contributed by atoms with E-state index in [-0.39, 0.29) is 11.7 Å². The highest BCUT2D eigenvalue weighted by molar-refractivity contribution is 7.16. The lowest BCUT2D eigenvalue weighted by Gasteiger charge is -2.15. The van der Waals surface area contributed by atoms with E-state index < -0.39 is 0 Å². The zero-order valence-corrected chi connectivity index (χ0v) is 21.7. The van der Waals surface area contributed by atoms with Crippen molar-refractivity contribution in [1.82, 2.24) is 0 Å². The fourth-order valence-electron chi connectivity index (χ4n) is 3.61. The van der Waals surface area contributed by atoms with Crippen LogP contribution in [0.2, 0.25) is 0 Å². The summed E-state index contributed by atoms with van der Waals surface area (Å²) >= 11 is 1.69. The molecule has 35 heavy (non-hydrogen) atoms. The van der Waals surface area contributed by atoms with Crippen molar-refractivity contribution in [3.05, 3.63) is 69.8 Å². The molecule has 2 N–H and O–H groups in total. The van der Waals surface area contributed by atoms with E-state index in [1.165, 1.54) is 41.1 Å². The van der Waals surface area contributed by atoms with Gasteiger partial charge in [-0.1, -0.05) is 13.8 Å². The number of halogens is 1. The van der Waals surface area contributed by atoms with Gasteiger partial charge in [-0.25, -0.2) is 4.39 Å². The number of nitrogens with one attached hydrogen (secondary N) is 2. The minimum absolute atomic E-state index is 0.0952. The Morgan fingerprint density at radius 2 is 1.71 bits per heavy atom. The molecular formula is C27H33FN2O4S. The van der Waals surface area contributed by atoms with Gasteiger partial charge in [0.2, 0.25) is 0 Å². The molecule has 0 radical (unpaired) electrons. The fraction of sp³-hybridized carbons (Fsp3) is 0.333. The van der Waals surface area contributed by atoms with E-state index in [1.54, 1.807) is 43.8 Å². The van der Waals surface area contributed by atoms with Gasteiger partial charge in [0, 0.05) is 23.6 Å². The largest absolute Gasteiger partial charge is 0.497 e. The van der Waals surface area contributed by atoms with E-state index in [1.807, 2.05) is 20.9 Å². The maximum atomic E-state index is 12.9. The Hall–Kier alpha value is -3.39. The number of rotatable bonds is 6. The first-order chi connectivity index (χ1) is 17.0. The molecule has 6 nitrogen and oxygen atoms in total. The second-order valence-electron chi connectivity index (χ2n) is 7.35. The maximum Gasteiger partial charge on any atom is 0.259 e. The summed E-state index contributed by atoms with van der Waals surface area (Å²) in [4.78, 5) is 24.2. The molecule has 0 fully saturated rings. The third-order valence-electron chi connectivity index (χ3n) is 5.29. The van der Waals surface area contributed by atoms with Gasteiger partial charge in [0.05, 0.1) is 25.5 Å². The quantitative estimate of drug-likeness (QED) is 0.373. The van der Waals surface area contributed by atoms with Crippen molar-refractivity contribution in [3.8, 4) is 11.5 Å². The van der Waals surface area contributed by atoms with Crippen molar-refractivity contribution >= 4 is 34.2 Å². The maximum absolute atomic E-state index is 12.9. The number of hydrogen-bond acceptors (Lipinski definition) is 6. The van der Waals surface area contributed by atoms with Crippen molar-refractivity contribution in [2.75, 3.05) is 31.9 Å². The van der Waals surface area contributed by atoms with Crippen molar-refractivity contribution in [1.29, 1.82) is 0 Å². The smallest absolute Gasteiger partial charge is 0.259 e. The molecule has 0 bridgehead atoms. The van der Waals surface area contributed by atoms with E-state index >= 15 is 0 Å². The second-order valence-corrected chi connectivity index (χ2v) is 8.46. The van der Waals surface area contributed by atoms with Gasteiger partial charge in [-0.05, 0) is 67.6 Å². The summed E-state index contributed by atoms with van der Waals surface area (Å²) in [5, 5.41) is 7.10. The highest BCUT2D eigenvalue weighted by Gasteiger charge is 2.25. The number of fused-ring (bicyclic) bond motifs is 1. The lowest BCUT2D eigenvalue weighted by atomic mass is 9.95. The Labute approximate surface area is 210 Å². The molecule has 0 atom stereocenters. The van der Waals surface area contributed by atoms with E-state index in [9.17, 15) is 14.0 Å². The minimum atomic E-state index is -0.319. The van der Waals surface area contributed by atoms with Crippen LogP contribution in [0.4, 0.5) is 15.1 Å². The van der Waals surface area contributed by atoms with E-state index in [0.717, 1.165) is 29.8 Å². The predicted molar refractivity (Wildman–Crippen MR) is 141 cm³/mol. The number of methoxy groups -OCH3 is 2. The van der Waals surface area contributed by atoms with Crippen LogP contribution in [0.3, 0.4) is 0 Å². The molecule has 1 aromatic heterocycles. The number of carbonyl (C=O) groups is 2. The fourth-order valence-corrected chi connectivity index (χ4v) is 4.85.